The van der Waals surface area contributed by atoms with Gasteiger partial charge < -0.3 is 0 Å². The molecule has 2 aromatic rings. The number of rotatable bonds is 3. The molecule has 0 radical (unpaired) electrons. The number of Topliss-reactive ketones (excluding diaryl/α,β-unsaturated/α-hetero) is 1. The van der Waals surface area contributed by atoms with E-state index in [4.69, 9.17) is 11.6 Å². The quantitative estimate of drug-likeness (QED) is 0.761. The molecule has 0 fully saturated rings. The predicted molar refractivity (Wildman–Crippen MR) is 73.6 cm³/mol. The fourth-order valence-electron chi connectivity index (χ4n) is 1.55. The molecule has 0 aliphatic rings. The molecule has 0 unspecified atom stereocenters. The minimum absolute atomic E-state index is 0.0785. The molecule has 0 spiro atoms. The summed E-state index contributed by atoms with van der Waals surface area (Å²) in [4.78, 5) is 12.0. The molecule has 0 bridgehead atoms. The zero-order valence-electron chi connectivity index (χ0n) is 8.99. The second-order valence-corrected chi connectivity index (χ2v) is 5.09. The van der Waals surface area contributed by atoms with Crippen molar-refractivity contribution in [1.29, 1.82) is 0 Å². The molecule has 0 aromatic heterocycles. The van der Waals surface area contributed by atoms with Crippen LogP contribution in [0.25, 0.3) is 0 Å². The normalized spacial score (nSPS) is 10.2. The van der Waals surface area contributed by atoms with Crippen molar-refractivity contribution in [3.05, 3.63) is 69.2 Å². The van der Waals surface area contributed by atoms with Crippen LogP contribution in [0.2, 0.25) is 5.02 Å². The van der Waals surface area contributed by atoms with Gasteiger partial charge in [0.05, 0.1) is 0 Å². The van der Waals surface area contributed by atoms with Crippen molar-refractivity contribution < 1.29 is 4.79 Å². The number of carbonyl (C=O) groups excluding carboxylic acids is 1. The zero-order valence-corrected chi connectivity index (χ0v) is 11.3. The van der Waals surface area contributed by atoms with E-state index >= 15 is 0 Å². The molecule has 0 heterocycles. The summed E-state index contributed by atoms with van der Waals surface area (Å²) < 4.78 is 1.01. The molecule has 0 saturated carbocycles. The van der Waals surface area contributed by atoms with Gasteiger partial charge in [0, 0.05) is 21.5 Å². The van der Waals surface area contributed by atoms with Crippen LogP contribution < -0.4 is 0 Å². The molecule has 0 saturated heterocycles. The van der Waals surface area contributed by atoms with Crippen molar-refractivity contribution in [2.75, 3.05) is 0 Å². The van der Waals surface area contributed by atoms with Gasteiger partial charge in [-0.15, -0.1) is 0 Å². The Morgan fingerprint density at radius 3 is 2.47 bits per heavy atom. The Morgan fingerprint density at radius 2 is 1.82 bits per heavy atom. The molecule has 0 aliphatic carbocycles. The Bertz CT molecular complexity index is 534. The molecule has 86 valence electrons. The molecule has 2 aromatic carbocycles. The minimum atomic E-state index is 0.0785. The van der Waals surface area contributed by atoms with Crippen LogP contribution in [0.4, 0.5) is 0 Å². The van der Waals surface area contributed by atoms with Gasteiger partial charge in [-0.25, -0.2) is 0 Å². The van der Waals surface area contributed by atoms with Crippen LogP contribution in [0.15, 0.2) is 53.0 Å². The third-order valence-electron chi connectivity index (χ3n) is 2.42. The highest BCUT2D eigenvalue weighted by Gasteiger charge is 2.07. The maximum absolute atomic E-state index is 12.0. The molecule has 2 rings (SSSR count). The molecule has 17 heavy (non-hydrogen) atoms. The van der Waals surface area contributed by atoms with Crippen molar-refractivity contribution >= 4 is 33.3 Å². The molecular formula is C14H10BrClO. The van der Waals surface area contributed by atoms with Gasteiger partial charge in [-0.05, 0) is 29.8 Å². The number of carbonyl (C=O) groups is 1. The van der Waals surface area contributed by atoms with Crippen LogP contribution >= 0.6 is 27.5 Å². The summed E-state index contributed by atoms with van der Waals surface area (Å²) in [6, 6.07) is 14.8. The lowest BCUT2D eigenvalue weighted by molar-refractivity contribution is 0.0993. The van der Waals surface area contributed by atoms with E-state index in [-0.39, 0.29) is 5.78 Å². The number of hydrogen-bond acceptors (Lipinski definition) is 1. The highest BCUT2D eigenvalue weighted by molar-refractivity contribution is 9.10. The van der Waals surface area contributed by atoms with Crippen LogP contribution in [-0.2, 0) is 6.42 Å². The number of hydrogen-bond donors (Lipinski definition) is 0. The standard InChI is InChI=1S/C14H10BrClO/c15-12-6-4-10(5-7-12)8-14(17)11-2-1-3-13(16)9-11/h1-7,9H,8H2. The lowest BCUT2D eigenvalue weighted by atomic mass is 10.0. The second kappa shape index (κ2) is 5.48. The van der Waals surface area contributed by atoms with E-state index < -0.39 is 0 Å². The summed E-state index contributed by atoms with van der Waals surface area (Å²) in [6.45, 7) is 0. The van der Waals surface area contributed by atoms with E-state index in [2.05, 4.69) is 15.9 Å². The third kappa shape index (κ3) is 3.42. The highest BCUT2D eigenvalue weighted by Crippen LogP contribution is 2.15. The summed E-state index contributed by atoms with van der Waals surface area (Å²) in [7, 11) is 0. The van der Waals surface area contributed by atoms with Crippen LogP contribution in [0.1, 0.15) is 15.9 Å². The molecule has 0 amide bonds. The Balaban J connectivity index is 2.14. The largest absolute Gasteiger partial charge is 0.294 e. The maximum atomic E-state index is 12.0. The third-order valence-corrected chi connectivity index (χ3v) is 3.19. The monoisotopic (exact) mass is 308 g/mol. The molecule has 0 atom stereocenters. The Morgan fingerprint density at radius 1 is 1.12 bits per heavy atom. The van der Waals surface area contributed by atoms with Gasteiger partial charge in [-0.3, -0.25) is 4.79 Å². The van der Waals surface area contributed by atoms with Gasteiger partial charge in [0.15, 0.2) is 5.78 Å². The summed E-state index contributed by atoms with van der Waals surface area (Å²) in [5.41, 5.74) is 1.65. The van der Waals surface area contributed by atoms with E-state index in [1.165, 1.54) is 0 Å². The first-order chi connectivity index (χ1) is 8.15. The summed E-state index contributed by atoms with van der Waals surface area (Å²) in [5, 5.41) is 0.589. The summed E-state index contributed by atoms with van der Waals surface area (Å²) in [5.74, 6) is 0.0785. The topological polar surface area (TPSA) is 17.1 Å². The van der Waals surface area contributed by atoms with E-state index in [0.717, 1.165) is 10.0 Å². The average Bonchev–Trinajstić information content (AvgIpc) is 2.32. The number of ketones is 1. The van der Waals surface area contributed by atoms with Gasteiger partial charge in [-0.2, -0.15) is 0 Å². The van der Waals surface area contributed by atoms with E-state index in [1.807, 2.05) is 24.3 Å². The van der Waals surface area contributed by atoms with E-state index in [1.54, 1.807) is 24.3 Å². The van der Waals surface area contributed by atoms with Gasteiger partial charge in [0.2, 0.25) is 0 Å². The van der Waals surface area contributed by atoms with Crippen molar-refractivity contribution in [2.24, 2.45) is 0 Å². The molecule has 0 aliphatic heterocycles. The lowest BCUT2D eigenvalue weighted by Crippen LogP contribution is -2.03. The van der Waals surface area contributed by atoms with Crippen molar-refractivity contribution in [2.45, 2.75) is 6.42 Å². The van der Waals surface area contributed by atoms with Gasteiger partial charge in [-0.1, -0.05) is 51.8 Å². The van der Waals surface area contributed by atoms with Gasteiger partial charge in [0.25, 0.3) is 0 Å². The van der Waals surface area contributed by atoms with Gasteiger partial charge >= 0.3 is 0 Å². The van der Waals surface area contributed by atoms with Crippen LogP contribution in [0, 0.1) is 0 Å². The summed E-state index contributed by atoms with van der Waals surface area (Å²) in [6.07, 6.45) is 0.396. The van der Waals surface area contributed by atoms with Crippen molar-refractivity contribution in [3.8, 4) is 0 Å². The first-order valence-electron chi connectivity index (χ1n) is 5.18. The number of benzene rings is 2. The van der Waals surface area contributed by atoms with E-state index in [9.17, 15) is 4.79 Å². The Labute approximate surface area is 114 Å². The van der Waals surface area contributed by atoms with Crippen molar-refractivity contribution in [1.82, 2.24) is 0 Å². The maximum Gasteiger partial charge on any atom is 0.167 e. The van der Waals surface area contributed by atoms with Crippen LogP contribution in [0.5, 0.6) is 0 Å². The Hall–Kier alpha value is -1.12. The van der Waals surface area contributed by atoms with Gasteiger partial charge in [0.1, 0.15) is 0 Å². The average molecular weight is 310 g/mol. The molecular weight excluding hydrogens is 300 g/mol. The first-order valence-corrected chi connectivity index (χ1v) is 6.35. The van der Waals surface area contributed by atoms with Crippen molar-refractivity contribution in [3.63, 3.8) is 0 Å². The van der Waals surface area contributed by atoms with Crippen LogP contribution in [0.3, 0.4) is 0 Å². The molecule has 0 N–H and O–H groups in total. The highest BCUT2D eigenvalue weighted by atomic mass is 79.9. The Kier molecular flexibility index (Phi) is 3.97. The minimum Gasteiger partial charge on any atom is -0.294 e. The lowest BCUT2D eigenvalue weighted by Gasteiger charge is -2.02. The SMILES string of the molecule is O=C(Cc1ccc(Br)cc1)c1cccc(Cl)c1. The van der Waals surface area contributed by atoms with Crippen LogP contribution in [-0.4, -0.2) is 5.78 Å². The fourth-order valence-corrected chi connectivity index (χ4v) is 2.01. The number of halogens is 2. The predicted octanol–water partition coefficient (Wildman–Crippen LogP) is 4.53. The first kappa shape index (κ1) is 12.3. The smallest absolute Gasteiger partial charge is 0.167 e. The van der Waals surface area contributed by atoms with E-state index in [0.29, 0.717) is 17.0 Å². The molecule has 1 nitrogen and oxygen atoms in total. The molecule has 3 heteroatoms. The summed E-state index contributed by atoms with van der Waals surface area (Å²) >= 11 is 9.22. The zero-order chi connectivity index (χ0) is 12.3. The second-order valence-electron chi connectivity index (χ2n) is 3.74. The fraction of sp³-hybridized carbons (Fsp3) is 0.0714.